The Bertz CT molecular complexity index is 769. The van der Waals surface area contributed by atoms with E-state index in [0.717, 1.165) is 18.4 Å². The molecule has 1 atom stereocenters. The van der Waals surface area contributed by atoms with Crippen molar-refractivity contribution in [3.05, 3.63) is 64.2 Å². The highest BCUT2D eigenvalue weighted by Gasteiger charge is 2.27. The van der Waals surface area contributed by atoms with Gasteiger partial charge >= 0.3 is 0 Å². The molecule has 0 saturated heterocycles. The SMILES string of the molecule is Cc1ccc2c(c1)CCC2NS(=O)(=O)c1ccc(Cl)cc1. The molecule has 1 aliphatic carbocycles. The third kappa shape index (κ3) is 2.98. The Balaban J connectivity index is 1.86. The molecular formula is C16H16ClNO2S. The first kappa shape index (κ1) is 14.6. The maximum atomic E-state index is 12.4. The zero-order valence-corrected chi connectivity index (χ0v) is 13.2. The Morgan fingerprint density at radius 2 is 1.86 bits per heavy atom. The number of sulfonamides is 1. The van der Waals surface area contributed by atoms with Crippen LogP contribution in [0.25, 0.3) is 0 Å². The Morgan fingerprint density at radius 3 is 2.57 bits per heavy atom. The van der Waals surface area contributed by atoms with Crippen LogP contribution in [0.15, 0.2) is 47.4 Å². The third-order valence-corrected chi connectivity index (χ3v) is 5.54. The lowest BCUT2D eigenvalue weighted by Gasteiger charge is -2.14. The number of fused-ring (bicyclic) bond motifs is 1. The van der Waals surface area contributed by atoms with Crippen LogP contribution in [0, 0.1) is 6.92 Å². The molecule has 3 nitrogen and oxygen atoms in total. The van der Waals surface area contributed by atoms with E-state index < -0.39 is 10.0 Å². The molecule has 0 aromatic heterocycles. The van der Waals surface area contributed by atoms with Crippen molar-refractivity contribution in [2.75, 3.05) is 0 Å². The summed E-state index contributed by atoms with van der Waals surface area (Å²) < 4.78 is 27.6. The lowest BCUT2D eigenvalue weighted by molar-refractivity contribution is 0.554. The first-order chi connectivity index (χ1) is 9.95. The zero-order chi connectivity index (χ0) is 15.0. The van der Waals surface area contributed by atoms with Crippen LogP contribution in [-0.4, -0.2) is 8.42 Å². The summed E-state index contributed by atoms with van der Waals surface area (Å²) in [6, 6.07) is 12.2. The molecule has 0 heterocycles. The van der Waals surface area contributed by atoms with Crippen LogP contribution in [0.1, 0.15) is 29.2 Å². The molecule has 0 aliphatic heterocycles. The molecule has 2 aromatic rings. The topological polar surface area (TPSA) is 46.2 Å². The maximum Gasteiger partial charge on any atom is 0.241 e. The molecule has 110 valence electrons. The fourth-order valence-electron chi connectivity index (χ4n) is 2.74. The second kappa shape index (κ2) is 5.44. The summed E-state index contributed by atoms with van der Waals surface area (Å²) in [5.74, 6) is 0. The van der Waals surface area contributed by atoms with Crippen molar-refractivity contribution < 1.29 is 8.42 Å². The Hall–Kier alpha value is -1.36. The summed E-state index contributed by atoms with van der Waals surface area (Å²) in [5, 5.41) is 0.524. The average Bonchev–Trinajstić information content (AvgIpc) is 2.81. The van der Waals surface area contributed by atoms with Crippen LogP contribution in [-0.2, 0) is 16.4 Å². The number of nitrogens with one attached hydrogen (secondary N) is 1. The van der Waals surface area contributed by atoms with Gasteiger partial charge in [0.15, 0.2) is 0 Å². The lowest BCUT2D eigenvalue weighted by Crippen LogP contribution is -2.27. The minimum Gasteiger partial charge on any atom is -0.207 e. The van der Waals surface area contributed by atoms with Crippen molar-refractivity contribution in [3.63, 3.8) is 0 Å². The molecule has 0 amide bonds. The number of hydrogen-bond acceptors (Lipinski definition) is 2. The maximum absolute atomic E-state index is 12.4. The predicted molar refractivity (Wildman–Crippen MR) is 84.0 cm³/mol. The molecule has 1 aliphatic rings. The molecule has 0 radical (unpaired) electrons. The molecule has 3 rings (SSSR count). The van der Waals surface area contributed by atoms with Crippen molar-refractivity contribution >= 4 is 21.6 Å². The fraction of sp³-hybridized carbons (Fsp3) is 0.250. The standard InChI is InChI=1S/C16H16ClNO2S/c1-11-2-8-15-12(10-11)3-9-16(15)18-21(19,20)14-6-4-13(17)5-7-14/h2,4-8,10,16,18H,3,9H2,1H3. The Kier molecular flexibility index (Phi) is 3.78. The van der Waals surface area contributed by atoms with Gasteiger partial charge in [0.2, 0.25) is 10.0 Å². The van der Waals surface area contributed by atoms with Crippen molar-refractivity contribution in [1.29, 1.82) is 0 Å². The largest absolute Gasteiger partial charge is 0.241 e. The number of rotatable bonds is 3. The molecule has 0 saturated carbocycles. The van der Waals surface area contributed by atoms with E-state index in [0.29, 0.717) is 5.02 Å². The van der Waals surface area contributed by atoms with Gasteiger partial charge < -0.3 is 0 Å². The predicted octanol–water partition coefficient (Wildman–Crippen LogP) is 3.61. The molecule has 21 heavy (non-hydrogen) atoms. The summed E-state index contributed by atoms with van der Waals surface area (Å²) >= 11 is 5.80. The second-order valence-corrected chi connectivity index (χ2v) is 7.52. The van der Waals surface area contributed by atoms with Crippen molar-refractivity contribution in [2.45, 2.75) is 30.7 Å². The summed E-state index contributed by atoms with van der Waals surface area (Å²) in [6.45, 7) is 2.05. The highest BCUT2D eigenvalue weighted by atomic mass is 35.5. The smallest absolute Gasteiger partial charge is 0.207 e. The Morgan fingerprint density at radius 1 is 1.14 bits per heavy atom. The van der Waals surface area contributed by atoms with E-state index >= 15 is 0 Å². The quantitative estimate of drug-likeness (QED) is 0.938. The van der Waals surface area contributed by atoms with Crippen LogP contribution in [0.5, 0.6) is 0 Å². The van der Waals surface area contributed by atoms with Crippen LogP contribution >= 0.6 is 11.6 Å². The lowest BCUT2D eigenvalue weighted by atomic mass is 10.1. The first-order valence-electron chi connectivity index (χ1n) is 6.83. The number of hydrogen-bond donors (Lipinski definition) is 1. The fourth-order valence-corrected chi connectivity index (χ4v) is 4.11. The number of benzene rings is 2. The van der Waals surface area contributed by atoms with Crippen LogP contribution in [0.3, 0.4) is 0 Å². The summed E-state index contributed by atoms with van der Waals surface area (Å²) in [7, 11) is -3.52. The monoisotopic (exact) mass is 321 g/mol. The van der Waals surface area contributed by atoms with Crippen molar-refractivity contribution in [1.82, 2.24) is 4.72 Å². The highest BCUT2D eigenvalue weighted by Crippen LogP contribution is 2.32. The molecule has 5 heteroatoms. The van der Waals surface area contributed by atoms with Gasteiger partial charge in [-0.1, -0.05) is 35.4 Å². The van der Waals surface area contributed by atoms with Gasteiger partial charge in [0.05, 0.1) is 4.90 Å². The van der Waals surface area contributed by atoms with Gasteiger partial charge in [-0.3, -0.25) is 0 Å². The van der Waals surface area contributed by atoms with Gasteiger partial charge in [-0.05, 0) is 55.2 Å². The summed E-state index contributed by atoms with van der Waals surface area (Å²) in [4.78, 5) is 0.243. The number of aryl methyl sites for hydroxylation is 2. The molecule has 0 fully saturated rings. The second-order valence-electron chi connectivity index (χ2n) is 5.37. The van der Waals surface area contributed by atoms with Gasteiger partial charge in [0, 0.05) is 11.1 Å². The zero-order valence-electron chi connectivity index (χ0n) is 11.6. The molecule has 0 spiro atoms. The van der Waals surface area contributed by atoms with E-state index in [2.05, 4.69) is 10.8 Å². The normalized spacial score (nSPS) is 17.7. The van der Waals surface area contributed by atoms with Crippen LogP contribution < -0.4 is 4.72 Å². The third-order valence-electron chi connectivity index (χ3n) is 3.80. The van der Waals surface area contributed by atoms with Crippen LogP contribution in [0.2, 0.25) is 5.02 Å². The minimum absolute atomic E-state index is 0.152. The average molecular weight is 322 g/mol. The van der Waals surface area contributed by atoms with E-state index in [-0.39, 0.29) is 10.9 Å². The first-order valence-corrected chi connectivity index (χ1v) is 8.69. The molecular weight excluding hydrogens is 306 g/mol. The minimum atomic E-state index is -3.52. The van der Waals surface area contributed by atoms with E-state index in [1.54, 1.807) is 12.1 Å². The number of halogens is 1. The van der Waals surface area contributed by atoms with Crippen LogP contribution in [0.4, 0.5) is 0 Å². The van der Waals surface area contributed by atoms with E-state index in [4.69, 9.17) is 11.6 Å². The van der Waals surface area contributed by atoms with E-state index in [1.165, 1.54) is 23.3 Å². The Labute approximate surface area is 130 Å². The summed E-state index contributed by atoms with van der Waals surface area (Å²) in [6.07, 6.45) is 1.70. The molecule has 0 bridgehead atoms. The van der Waals surface area contributed by atoms with Gasteiger partial charge in [0.25, 0.3) is 0 Å². The van der Waals surface area contributed by atoms with E-state index in [1.807, 2.05) is 19.1 Å². The van der Waals surface area contributed by atoms with Gasteiger partial charge in [-0.2, -0.15) is 0 Å². The van der Waals surface area contributed by atoms with Crippen molar-refractivity contribution in [2.24, 2.45) is 0 Å². The van der Waals surface area contributed by atoms with Gasteiger partial charge in [-0.25, -0.2) is 13.1 Å². The molecule has 2 aromatic carbocycles. The molecule has 1 N–H and O–H groups in total. The van der Waals surface area contributed by atoms with Crippen molar-refractivity contribution in [3.8, 4) is 0 Å². The van der Waals surface area contributed by atoms with Gasteiger partial charge in [0.1, 0.15) is 0 Å². The highest BCUT2D eigenvalue weighted by molar-refractivity contribution is 7.89. The van der Waals surface area contributed by atoms with E-state index in [9.17, 15) is 8.42 Å². The summed E-state index contributed by atoms with van der Waals surface area (Å²) in [5.41, 5.74) is 3.52. The molecule has 1 unspecified atom stereocenters. The van der Waals surface area contributed by atoms with Gasteiger partial charge in [-0.15, -0.1) is 0 Å².